The summed E-state index contributed by atoms with van der Waals surface area (Å²) in [5.74, 6) is 0.161. The number of hydrogen-bond acceptors (Lipinski definition) is 2. The molecule has 4 heteroatoms. The van der Waals surface area contributed by atoms with Crippen molar-refractivity contribution >= 4 is 11.6 Å². The normalized spacial score (nSPS) is 11.3. The Labute approximate surface area is 131 Å². The molecule has 0 atom stereocenters. The molecule has 0 amide bonds. The van der Waals surface area contributed by atoms with Gasteiger partial charge in [-0.1, -0.05) is 24.3 Å². The molecule has 0 aliphatic carbocycles. The first-order valence-electron chi connectivity index (χ1n) is 6.89. The van der Waals surface area contributed by atoms with Crippen LogP contribution in [0.3, 0.4) is 0 Å². The van der Waals surface area contributed by atoms with Crippen LogP contribution < -0.4 is 0 Å². The second-order valence-corrected chi connectivity index (χ2v) is 4.89. The highest BCUT2D eigenvalue weighted by molar-refractivity contribution is 5.88. The SMILES string of the molecule is N#C/C(=C/c1ccc(-c2cccc(F)c2)o1)c1cccc(F)c1. The van der Waals surface area contributed by atoms with Crippen molar-refractivity contribution < 1.29 is 13.2 Å². The van der Waals surface area contributed by atoms with Gasteiger partial charge in [-0.15, -0.1) is 0 Å². The van der Waals surface area contributed by atoms with Gasteiger partial charge in [-0.3, -0.25) is 0 Å². The molecule has 23 heavy (non-hydrogen) atoms. The quantitative estimate of drug-likeness (QED) is 0.616. The molecule has 0 saturated carbocycles. The highest BCUT2D eigenvalue weighted by Crippen LogP contribution is 2.25. The fourth-order valence-electron chi connectivity index (χ4n) is 2.21. The van der Waals surface area contributed by atoms with Crippen LogP contribution in [0.2, 0.25) is 0 Å². The zero-order chi connectivity index (χ0) is 16.2. The molecular weight excluding hydrogens is 296 g/mol. The lowest BCUT2D eigenvalue weighted by Crippen LogP contribution is -1.83. The highest BCUT2D eigenvalue weighted by Gasteiger charge is 2.07. The molecule has 0 unspecified atom stereocenters. The van der Waals surface area contributed by atoms with E-state index in [1.807, 2.05) is 6.07 Å². The van der Waals surface area contributed by atoms with E-state index in [1.54, 1.807) is 30.3 Å². The summed E-state index contributed by atoms with van der Waals surface area (Å²) in [4.78, 5) is 0. The molecule has 0 N–H and O–H groups in total. The summed E-state index contributed by atoms with van der Waals surface area (Å²) in [6, 6.07) is 17.2. The number of allylic oxidation sites excluding steroid dienone is 1. The molecule has 2 aromatic carbocycles. The molecule has 3 rings (SSSR count). The van der Waals surface area contributed by atoms with Gasteiger partial charge in [0.1, 0.15) is 23.2 Å². The smallest absolute Gasteiger partial charge is 0.134 e. The minimum Gasteiger partial charge on any atom is -0.457 e. The predicted molar refractivity (Wildman–Crippen MR) is 84.0 cm³/mol. The first-order valence-corrected chi connectivity index (χ1v) is 6.89. The van der Waals surface area contributed by atoms with E-state index < -0.39 is 5.82 Å². The van der Waals surface area contributed by atoms with Crippen molar-refractivity contribution in [1.29, 1.82) is 5.26 Å². The number of nitrogens with zero attached hydrogens (tertiary/aromatic N) is 1. The summed E-state index contributed by atoms with van der Waals surface area (Å²) in [5.41, 5.74) is 1.36. The van der Waals surface area contributed by atoms with Crippen molar-refractivity contribution in [2.45, 2.75) is 0 Å². The van der Waals surface area contributed by atoms with E-state index in [2.05, 4.69) is 0 Å². The highest BCUT2D eigenvalue weighted by atomic mass is 19.1. The van der Waals surface area contributed by atoms with Crippen LogP contribution in [0.15, 0.2) is 65.1 Å². The van der Waals surface area contributed by atoms with Gasteiger partial charge in [-0.25, -0.2) is 8.78 Å². The Morgan fingerprint density at radius 1 is 0.957 bits per heavy atom. The fraction of sp³-hybridized carbons (Fsp3) is 0. The van der Waals surface area contributed by atoms with E-state index in [9.17, 15) is 14.0 Å². The molecular formula is C19H11F2NO. The van der Waals surface area contributed by atoms with E-state index in [1.165, 1.54) is 36.4 Å². The van der Waals surface area contributed by atoms with E-state index in [0.717, 1.165) is 0 Å². The third-order valence-electron chi connectivity index (χ3n) is 3.28. The van der Waals surface area contributed by atoms with Gasteiger partial charge >= 0.3 is 0 Å². The van der Waals surface area contributed by atoms with Crippen molar-refractivity contribution in [2.75, 3.05) is 0 Å². The number of benzene rings is 2. The standard InChI is InChI=1S/C19H11F2NO/c20-16-5-1-3-13(9-16)15(12-22)11-18-7-8-19(23-18)14-4-2-6-17(21)10-14/h1-11H/b15-11-. The molecule has 112 valence electrons. The lowest BCUT2D eigenvalue weighted by Gasteiger charge is -1.99. The Kier molecular flexibility index (Phi) is 4.03. The van der Waals surface area contributed by atoms with Gasteiger partial charge in [-0.2, -0.15) is 5.26 Å². The molecule has 0 radical (unpaired) electrons. The lowest BCUT2D eigenvalue weighted by atomic mass is 10.1. The van der Waals surface area contributed by atoms with Gasteiger partial charge in [0.15, 0.2) is 0 Å². The Balaban J connectivity index is 1.95. The summed E-state index contributed by atoms with van der Waals surface area (Å²) in [5, 5.41) is 9.26. The van der Waals surface area contributed by atoms with Gasteiger partial charge in [-0.05, 0) is 48.0 Å². The predicted octanol–water partition coefficient (Wildman–Crippen LogP) is 5.29. The largest absolute Gasteiger partial charge is 0.457 e. The summed E-state index contributed by atoms with van der Waals surface area (Å²) >= 11 is 0. The third-order valence-corrected chi connectivity index (χ3v) is 3.28. The molecule has 0 aliphatic rings. The van der Waals surface area contributed by atoms with E-state index in [-0.39, 0.29) is 11.4 Å². The average molecular weight is 307 g/mol. The Bertz CT molecular complexity index is 919. The molecule has 0 aliphatic heterocycles. The van der Waals surface area contributed by atoms with Gasteiger partial charge in [0.05, 0.1) is 11.6 Å². The fourth-order valence-corrected chi connectivity index (χ4v) is 2.21. The average Bonchev–Trinajstić information content (AvgIpc) is 3.01. The number of nitriles is 1. The van der Waals surface area contributed by atoms with Crippen LogP contribution in [0, 0.1) is 23.0 Å². The lowest BCUT2D eigenvalue weighted by molar-refractivity contribution is 0.570. The van der Waals surface area contributed by atoms with Gasteiger partial charge < -0.3 is 4.42 Å². The number of rotatable bonds is 3. The molecule has 2 nitrogen and oxygen atoms in total. The number of halogens is 2. The summed E-state index contributed by atoms with van der Waals surface area (Å²) in [7, 11) is 0. The molecule has 1 heterocycles. The van der Waals surface area contributed by atoms with Crippen molar-refractivity contribution in [3.8, 4) is 17.4 Å². The van der Waals surface area contributed by atoms with E-state index in [0.29, 0.717) is 22.6 Å². The van der Waals surface area contributed by atoms with Crippen LogP contribution in [-0.2, 0) is 0 Å². The van der Waals surface area contributed by atoms with Gasteiger partial charge in [0, 0.05) is 5.56 Å². The van der Waals surface area contributed by atoms with Crippen LogP contribution in [0.1, 0.15) is 11.3 Å². The van der Waals surface area contributed by atoms with Crippen molar-refractivity contribution in [3.05, 3.63) is 83.6 Å². The van der Waals surface area contributed by atoms with Crippen LogP contribution >= 0.6 is 0 Å². The first-order chi connectivity index (χ1) is 11.2. The topological polar surface area (TPSA) is 36.9 Å². The Morgan fingerprint density at radius 2 is 1.70 bits per heavy atom. The van der Waals surface area contributed by atoms with Crippen LogP contribution in [0.25, 0.3) is 23.0 Å². The molecule has 0 fully saturated rings. The summed E-state index contributed by atoms with van der Waals surface area (Å²) in [6.45, 7) is 0. The van der Waals surface area contributed by atoms with Crippen LogP contribution in [-0.4, -0.2) is 0 Å². The molecule has 3 aromatic rings. The second kappa shape index (κ2) is 6.29. The van der Waals surface area contributed by atoms with Crippen molar-refractivity contribution in [3.63, 3.8) is 0 Å². The minimum absolute atomic E-state index is 0.282. The van der Waals surface area contributed by atoms with Crippen molar-refractivity contribution in [1.82, 2.24) is 0 Å². The number of hydrogen-bond donors (Lipinski definition) is 0. The third kappa shape index (κ3) is 3.35. The molecule has 0 spiro atoms. The van der Waals surface area contributed by atoms with Gasteiger partial charge in [0.2, 0.25) is 0 Å². The first kappa shape index (κ1) is 14.7. The second-order valence-electron chi connectivity index (χ2n) is 4.89. The summed E-state index contributed by atoms with van der Waals surface area (Å²) < 4.78 is 32.1. The maximum absolute atomic E-state index is 13.3. The maximum Gasteiger partial charge on any atom is 0.134 e. The van der Waals surface area contributed by atoms with E-state index in [4.69, 9.17) is 4.42 Å². The van der Waals surface area contributed by atoms with E-state index >= 15 is 0 Å². The summed E-state index contributed by atoms with van der Waals surface area (Å²) in [6.07, 6.45) is 1.53. The molecule has 1 aromatic heterocycles. The molecule has 0 bridgehead atoms. The van der Waals surface area contributed by atoms with Crippen LogP contribution in [0.4, 0.5) is 8.78 Å². The van der Waals surface area contributed by atoms with Crippen molar-refractivity contribution in [2.24, 2.45) is 0 Å². The Morgan fingerprint density at radius 3 is 2.39 bits per heavy atom. The zero-order valence-corrected chi connectivity index (χ0v) is 12.0. The monoisotopic (exact) mass is 307 g/mol. The Hall–Kier alpha value is -3.19. The maximum atomic E-state index is 13.3. The minimum atomic E-state index is -0.413. The molecule has 0 saturated heterocycles. The van der Waals surface area contributed by atoms with Gasteiger partial charge in [0.25, 0.3) is 0 Å². The number of furan rings is 1. The zero-order valence-electron chi connectivity index (χ0n) is 12.0. The van der Waals surface area contributed by atoms with Crippen LogP contribution in [0.5, 0.6) is 0 Å².